The predicted octanol–water partition coefficient (Wildman–Crippen LogP) is 1.26. The summed E-state index contributed by atoms with van der Waals surface area (Å²) in [4.78, 5) is 0. The first-order valence-corrected chi connectivity index (χ1v) is 4.15. The van der Waals surface area contributed by atoms with Gasteiger partial charge in [0.05, 0.1) is 0 Å². The van der Waals surface area contributed by atoms with Crippen LogP contribution in [0.1, 0.15) is 12.5 Å². The van der Waals surface area contributed by atoms with Gasteiger partial charge in [-0.25, -0.2) is 0 Å². The van der Waals surface area contributed by atoms with Gasteiger partial charge in [0.15, 0.2) is 0 Å². The van der Waals surface area contributed by atoms with Crippen LogP contribution in [0.3, 0.4) is 0 Å². The van der Waals surface area contributed by atoms with Crippen LogP contribution < -0.4 is 5.73 Å². The lowest BCUT2D eigenvalue weighted by molar-refractivity contribution is 0.0121. The highest BCUT2D eigenvalue weighted by atomic mass is 16.5. The summed E-state index contributed by atoms with van der Waals surface area (Å²) in [6.45, 7) is 1.82. The Morgan fingerprint density at radius 3 is 2.38 bits per heavy atom. The fourth-order valence-corrected chi connectivity index (χ4v) is 1.09. The van der Waals surface area contributed by atoms with Gasteiger partial charge in [0, 0.05) is 13.5 Å². The molecule has 1 aromatic rings. The van der Waals surface area contributed by atoms with E-state index < -0.39 is 5.72 Å². The first kappa shape index (κ1) is 10.0. The van der Waals surface area contributed by atoms with Crippen molar-refractivity contribution in [1.82, 2.24) is 0 Å². The molecule has 3 N–H and O–H groups in total. The molecule has 0 heterocycles. The number of aromatic hydroxyl groups is 1. The molecule has 0 aliphatic carbocycles. The van der Waals surface area contributed by atoms with Gasteiger partial charge in [-0.05, 0) is 24.6 Å². The van der Waals surface area contributed by atoms with Crippen molar-refractivity contribution in [2.75, 3.05) is 7.11 Å². The Balaban J connectivity index is 2.69. The Kier molecular flexibility index (Phi) is 2.90. The number of methoxy groups -OCH3 is 1. The lowest BCUT2D eigenvalue weighted by atomic mass is 10.0. The smallest absolute Gasteiger partial charge is 0.117 e. The zero-order chi connectivity index (χ0) is 9.90. The second-order valence-electron chi connectivity index (χ2n) is 3.36. The fraction of sp³-hybridized carbons (Fsp3) is 0.400. The zero-order valence-electron chi connectivity index (χ0n) is 7.95. The predicted molar refractivity (Wildman–Crippen MR) is 51.4 cm³/mol. The van der Waals surface area contributed by atoms with Crippen molar-refractivity contribution in [1.29, 1.82) is 0 Å². The van der Waals surface area contributed by atoms with E-state index in [1.807, 2.05) is 19.1 Å². The molecular formula is C10H15NO2. The minimum absolute atomic E-state index is 0.264. The van der Waals surface area contributed by atoms with Crippen LogP contribution in [0.5, 0.6) is 5.75 Å². The summed E-state index contributed by atoms with van der Waals surface area (Å²) < 4.78 is 5.09. The summed E-state index contributed by atoms with van der Waals surface area (Å²) in [5.74, 6) is 0.264. The monoisotopic (exact) mass is 181 g/mol. The number of phenols is 1. The van der Waals surface area contributed by atoms with Gasteiger partial charge >= 0.3 is 0 Å². The maximum absolute atomic E-state index is 9.05. The third kappa shape index (κ3) is 3.05. The topological polar surface area (TPSA) is 55.5 Å². The number of benzene rings is 1. The van der Waals surface area contributed by atoms with Gasteiger partial charge in [0.25, 0.3) is 0 Å². The van der Waals surface area contributed by atoms with Gasteiger partial charge in [-0.1, -0.05) is 12.1 Å². The van der Waals surface area contributed by atoms with Crippen LogP contribution in [0, 0.1) is 0 Å². The number of phenolic OH excluding ortho intramolecular Hbond substituents is 1. The Morgan fingerprint density at radius 2 is 1.92 bits per heavy atom. The van der Waals surface area contributed by atoms with Crippen LogP contribution in [0.25, 0.3) is 0 Å². The van der Waals surface area contributed by atoms with Crippen molar-refractivity contribution in [2.45, 2.75) is 19.1 Å². The molecule has 13 heavy (non-hydrogen) atoms. The van der Waals surface area contributed by atoms with Crippen molar-refractivity contribution >= 4 is 0 Å². The van der Waals surface area contributed by atoms with Gasteiger partial charge in [0.2, 0.25) is 0 Å². The van der Waals surface area contributed by atoms with Crippen LogP contribution in [0.15, 0.2) is 24.3 Å². The SMILES string of the molecule is COC(C)(N)Cc1ccc(O)cc1. The molecule has 0 spiro atoms. The maximum Gasteiger partial charge on any atom is 0.117 e. The molecule has 0 bridgehead atoms. The Labute approximate surface area is 78.1 Å². The molecule has 1 atom stereocenters. The molecule has 1 rings (SSSR count). The average Bonchev–Trinajstić information content (AvgIpc) is 2.09. The molecule has 0 amide bonds. The van der Waals surface area contributed by atoms with Crippen LogP contribution in [0.2, 0.25) is 0 Å². The first-order valence-electron chi connectivity index (χ1n) is 4.15. The minimum atomic E-state index is -0.642. The largest absolute Gasteiger partial charge is 0.508 e. The molecule has 0 aromatic heterocycles. The molecule has 0 saturated heterocycles. The highest BCUT2D eigenvalue weighted by molar-refractivity contribution is 5.26. The number of hydrogen-bond acceptors (Lipinski definition) is 3. The number of nitrogens with two attached hydrogens (primary N) is 1. The summed E-state index contributed by atoms with van der Waals surface area (Å²) in [5.41, 5.74) is 6.21. The van der Waals surface area contributed by atoms with Gasteiger partial charge in [-0.15, -0.1) is 0 Å². The molecule has 0 aliphatic rings. The van der Waals surface area contributed by atoms with E-state index in [4.69, 9.17) is 15.6 Å². The lowest BCUT2D eigenvalue weighted by Gasteiger charge is -2.22. The molecule has 1 unspecified atom stereocenters. The van der Waals surface area contributed by atoms with Crippen molar-refractivity contribution in [3.63, 3.8) is 0 Å². The maximum atomic E-state index is 9.05. The van der Waals surface area contributed by atoms with E-state index in [2.05, 4.69) is 0 Å². The summed E-state index contributed by atoms with van der Waals surface area (Å²) in [6, 6.07) is 6.95. The fourth-order valence-electron chi connectivity index (χ4n) is 1.09. The molecule has 72 valence electrons. The molecular weight excluding hydrogens is 166 g/mol. The molecule has 0 aliphatic heterocycles. The average molecular weight is 181 g/mol. The molecule has 3 heteroatoms. The van der Waals surface area contributed by atoms with Crippen molar-refractivity contribution in [2.24, 2.45) is 5.73 Å². The third-order valence-corrected chi connectivity index (χ3v) is 1.96. The molecule has 0 fully saturated rings. The van der Waals surface area contributed by atoms with Gasteiger partial charge in [-0.2, -0.15) is 0 Å². The molecule has 3 nitrogen and oxygen atoms in total. The first-order chi connectivity index (χ1) is 6.03. The minimum Gasteiger partial charge on any atom is -0.508 e. The third-order valence-electron chi connectivity index (χ3n) is 1.96. The van der Waals surface area contributed by atoms with E-state index in [0.29, 0.717) is 6.42 Å². The Morgan fingerprint density at radius 1 is 1.38 bits per heavy atom. The highest BCUT2D eigenvalue weighted by Gasteiger charge is 2.17. The van der Waals surface area contributed by atoms with Gasteiger partial charge in [-0.3, -0.25) is 0 Å². The number of hydrogen-bond donors (Lipinski definition) is 2. The van der Waals surface area contributed by atoms with Crippen molar-refractivity contribution in [3.05, 3.63) is 29.8 Å². The lowest BCUT2D eigenvalue weighted by Crippen LogP contribution is -2.40. The van der Waals surface area contributed by atoms with E-state index in [1.165, 1.54) is 0 Å². The molecule has 0 radical (unpaired) electrons. The summed E-state index contributed by atoms with van der Waals surface area (Å²) in [5, 5.41) is 9.05. The number of ether oxygens (including phenoxy) is 1. The van der Waals surface area contributed by atoms with E-state index in [9.17, 15) is 0 Å². The van der Waals surface area contributed by atoms with Gasteiger partial charge < -0.3 is 15.6 Å². The quantitative estimate of drug-likeness (QED) is 0.690. The van der Waals surface area contributed by atoms with E-state index in [0.717, 1.165) is 5.56 Å². The Bertz CT molecular complexity index is 267. The van der Waals surface area contributed by atoms with E-state index in [1.54, 1.807) is 19.2 Å². The molecule has 1 aromatic carbocycles. The Hall–Kier alpha value is -1.06. The highest BCUT2D eigenvalue weighted by Crippen LogP contribution is 2.14. The summed E-state index contributed by atoms with van der Waals surface area (Å²) in [7, 11) is 1.58. The van der Waals surface area contributed by atoms with E-state index in [-0.39, 0.29) is 5.75 Å². The second kappa shape index (κ2) is 3.77. The van der Waals surface area contributed by atoms with E-state index >= 15 is 0 Å². The summed E-state index contributed by atoms with van der Waals surface area (Å²) >= 11 is 0. The second-order valence-corrected chi connectivity index (χ2v) is 3.36. The number of rotatable bonds is 3. The van der Waals surface area contributed by atoms with Crippen LogP contribution in [-0.4, -0.2) is 17.9 Å². The summed E-state index contributed by atoms with van der Waals surface area (Å²) in [6.07, 6.45) is 0.629. The standard InChI is InChI=1S/C10H15NO2/c1-10(11,13-2)7-8-3-5-9(12)6-4-8/h3-6,12H,7,11H2,1-2H3. The van der Waals surface area contributed by atoms with Crippen LogP contribution in [-0.2, 0) is 11.2 Å². The molecule has 0 saturated carbocycles. The normalized spacial score (nSPS) is 15.3. The van der Waals surface area contributed by atoms with Crippen LogP contribution in [0.4, 0.5) is 0 Å². The van der Waals surface area contributed by atoms with Gasteiger partial charge in [0.1, 0.15) is 11.5 Å². The van der Waals surface area contributed by atoms with Crippen LogP contribution >= 0.6 is 0 Å². The zero-order valence-corrected chi connectivity index (χ0v) is 7.95. The van der Waals surface area contributed by atoms with Crippen molar-refractivity contribution in [3.8, 4) is 5.75 Å². The van der Waals surface area contributed by atoms with Crippen molar-refractivity contribution < 1.29 is 9.84 Å².